The molecule has 7 heteroatoms. The number of nitrogens with one attached hydrogen (secondary N) is 2. The molecular weight excluding hydrogens is 378 g/mol. The number of anilines is 3. The van der Waals surface area contributed by atoms with Crippen LogP contribution in [0.25, 0.3) is 0 Å². The molecule has 0 saturated heterocycles. The SMILES string of the molecule is CN(C)C(=O)c1cccc(Nc2ccc(C(=O)Nc3ncccn3)cc2C2CC2)c1. The summed E-state index contributed by atoms with van der Waals surface area (Å²) in [5, 5.41) is 6.14. The zero-order valence-corrected chi connectivity index (χ0v) is 16.9. The van der Waals surface area contributed by atoms with E-state index >= 15 is 0 Å². The number of hydrogen-bond donors (Lipinski definition) is 2. The molecule has 1 heterocycles. The number of aromatic nitrogens is 2. The molecule has 2 amide bonds. The zero-order valence-electron chi connectivity index (χ0n) is 16.9. The van der Waals surface area contributed by atoms with Gasteiger partial charge in [0.1, 0.15) is 0 Å². The summed E-state index contributed by atoms with van der Waals surface area (Å²) >= 11 is 0. The Morgan fingerprint density at radius 1 is 0.967 bits per heavy atom. The molecule has 0 spiro atoms. The molecule has 1 aliphatic carbocycles. The smallest absolute Gasteiger partial charge is 0.258 e. The minimum atomic E-state index is -0.242. The monoisotopic (exact) mass is 401 g/mol. The summed E-state index contributed by atoms with van der Waals surface area (Å²) in [5.74, 6) is 0.421. The van der Waals surface area contributed by atoms with Gasteiger partial charge in [0.2, 0.25) is 5.95 Å². The lowest BCUT2D eigenvalue weighted by Gasteiger charge is -2.15. The average Bonchev–Trinajstić information content (AvgIpc) is 3.59. The molecule has 3 aromatic rings. The summed E-state index contributed by atoms with van der Waals surface area (Å²) in [4.78, 5) is 34.5. The van der Waals surface area contributed by atoms with Crippen LogP contribution in [-0.2, 0) is 0 Å². The van der Waals surface area contributed by atoms with E-state index in [1.54, 1.807) is 49.6 Å². The van der Waals surface area contributed by atoms with Crippen molar-refractivity contribution in [1.82, 2.24) is 14.9 Å². The third-order valence-electron chi connectivity index (χ3n) is 4.92. The molecule has 30 heavy (non-hydrogen) atoms. The van der Waals surface area contributed by atoms with Crippen LogP contribution in [0.3, 0.4) is 0 Å². The van der Waals surface area contributed by atoms with Crippen molar-refractivity contribution in [2.24, 2.45) is 0 Å². The van der Waals surface area contributed by atoms with Crippen LogP contribution in [0.4, 0.5) is 17.3 Å². The van der Waals surface area contributed by atoms with Crippen LogP contribution in [0.2, 0.25) is 0 Å². The highest BCUT2D eigenvalue weighted by molar-refractivity contribution is 6.03. The molecule has 4 rings (SSSR count). The van der Waals surface area contributed by atoms with Gasteiger partial charge in [0, 0.05) is 49.0 Å². The number of benzene rings is 2. The first kappa shape index (κ1) is 19.6. The normalized spacial score (nSPS) is 12.9. The quantitative estimate of drug-likeness (QED) is 0.651. The number of carbonyl (C=O) groups is 2. The van der Waals surface area contributed by atoms with Gasteiger partial charge in [-0.1, -0.05) is 6.07 Å². The van der Waals surface area contributed by atoms with Crippen molar-refractivity contribution in [3.63, 3.8) is 0 Å². The van der Waals surface area contributed by atoms with E-state index in [0.717, 1.165) is 29.8 Å². The Morgan fingerprint density at radius 3 is 2.43 bits per heavy atom. The Hall–Kier alpha value is -3.74. The molecule has 0 atom stereocenters. The molecule has 2 N–H and O–H groups in total. The topological polar surface area (TPSA) is 87.2 Å². The van der Waals surface area contributed by atoms with Gasteiger partial charge in [0.25, 0.3) is 11.8 Å². The Morgan fingerprint density at radius 2 is 1.73 bits per heavy atom. The number of amides is 2. The highest BCUT2D eigenvalue weighted by Gasteiger charge is 2.27. The van der Waals surface area contributed by atoms with Crippen LogP contribution >= 0.6 is 0 Å². The molecule has 7 nitrogen and oxygen atoms in total. The second-order valence-corrected chi connectivity index (χ2v) is 7.51. The number of carbonyl (C=O) groups excluding carboxylic acids is 2. The molecule has 2 aromatic carbocycles. The van der Waals surface area contributed by atoms with E-state index in [-0.39, 0.29) is 17.8 Å². The minimum absolute atomic E-state index is 0.0452. The molecule has 0 unspecified atom stereocenters. The third kappa shape index (κ3) is 4.46. The summed E-state index contributed by atoms with van der Waals surface area (Å²) < 4.78 is 0. The third-order valence-corrected chi connectivity index (χ3v) is 4.92. The molecule has 152 valence electrons. The van der Waals surface area contributed by atoms with Crippen molar-refractivity contribution in [1.29, 1.82) is 0 Å². The largest absolute Gasteiger partial charge is 0.355 e. The fourth-order valence-corrected chi connectivity index (χ4v) is 3.23. The van der Waals surface area contributed by atoms with Crippen molar-refractivity contribution in [3.05, 3.63) is 77.6 Å². The Bertz CT molecular complexity index is 1080. The maximum atomic E-state index is 12.6. The van der Waals surface area contributed by atoms with E-state index in [0.29, 0.717) is 17.0 Å². The standard InChI is InChI=1S/C23H23N5O2/c1-28(2)22(30)17-5-3-6-18(13-17)26-20-10-9-16(14-19(20)15-7-8-15)21(29)27-23-24-11-4-12-25-23/h3-6,9-15,26H,7-8H2,1-2H3,(H,24,25,27,29). The predicted octanol–water partition coefficient (Wildman–Crippen LogP) is 4.05. The van der Waals surface area contributed by atoms with E-state index in [1.165, 1.54) is 0 Å². The maximum Gasteiger partial charge on any atom is 0.258 e. The van der Waals surface area contributed by atoms with Gasteiger partial charge in [-0.15, -0.1) is 0 Å². The number of rotatable bonds is 6. The van der Waals surface area contributed by atoms with E-state index in [9.17, 15) is 9.59 Å². The molecule has 0 bridgehead atoms. The van der Waals surface area contributed by atoms with E-state index in [4.69, 9.17) is 0 Å². The lowest BCUT2D eigenvalue weighted by Crippen LogP contribution is -2.21. The fraction of sp³-hybridized carbons (Fsp3) is 0.217. The van der Waals surface area contributed by atoms with Gasteiger partial charge in [0.15, 0.2) is 0 Å². The van der Waals surface area contributed by atoms with E-state index in [1.807, 2.05) is 30.3 Å². The minimum Gasteiger partial charge on any atom is -0.355 e. The highest BCUT2D eigenvalue weighted by Crippen LogP contribution is 2.44. The van der Waals surface area contributed by atoms with Crippen molar-refractivity contribution >= 4 is 29.1 Å². The molecule has 1 aliphatic rings. The maximum absolute atomic E-state index is 12.6. The van der Waals surface area contributed by atoms with Crippen molar-refractivity contribution < 1.29 is 9.59 Å². The Labute approximate surface area is 175 Å². The summed E-state index contributed by atoms with van der Waals surface area (Å²) in [6.45, 7) is 0. The zero-order chi connectivity index (χ0) is 21.1. The molecular formula is C23H23N5O2. The van der Waals surface area contributed by atoms with Gasteiger partial charge in [0.05, 0.1) is 0 Å². The number of nitrogens with zero attached hydrogens (tertiary/aromatic N) is 3. The van der Waals surface area contributed by atoms with Crippen LogP contribution in [-0.4, -0.2) is 40.8 Å². The van der Waals surface area contributed by atoms with Crippen LogP contribution < -0.4 is 10.6 Å². The first-order chi connectivity index (χ1) is 14.5. The van der Waals surface area contributed by atoms with Crippen molar-refractivity contribution in [2.75, 3.05) is 24.7 Å². The average molecular weight is 401 g/mol. The molecule has 1 aromatic heterocycles. The van der Waals surface area contributed by atoms with Crippen LogP contribution in [0, 0.1) is 0 Å². The van der Waals surface area contributed by atoms with Crippen LogP contribution in [0.15, 0.2) is 60.9 Å². The summed E-state index contributed by atoms with van der Waals surface area (Å²) in [5.41, 5.74) is 4.06. The predicted molar refractivity (Wildman–Crippen MR) is 116 cm³/mol. The van der Waals surface area contributed by atoms with Gasteiger partial charge in [-0.3, -0.25) is 14.9 Å². The molecule has 0 radical (unpaired) electrons. The van der Waals surface area contributed by atoms with Gasteiger partial charge in [-0.2, -0.15) is 0 Å². The van der Waals surface area contributed by atoms with Crippen LogP contribution in [0.5, 0.6) is 0 Å². The summed E-state index contributed by atoms with van der Waals surface area (Å²) in [7, 11) is 3.47. The van der Waals surface area contributed by atoms with Crippen molar-refractivity contribution in [3.8, 4) is 0 Å². The second kappa shape index (κ2) is 8.32. The fourth-order valence-electron chi connectivity index (χ4n) is 3.23. The van der Waals surface area contributed by atoms with E-state index in [2.05, 4.69) is 20.6 Å². The molecule has 1 saturated carbocycles. The first-order valence-corrected chi connectivity index (χ1v) is 9.82. The van der Waals surface area contributed by atoms with Crippen LogP contribution in [0.1, 0.15) is 45.0 Å². The van der Waals surface area contributed by atoms with Gasteiger partial charge in [-0.25, -0.2) is 9.97 Å². The molecule has 0 aliphatic heterocycles. The lowest BCUT2D eigenvalue weighted by molar-refractivity contribution is 0.0827. The summed E-state index contributed by atoms with van der Waals surface area (Å²) in [6, 6.07) is 14.7. The van der Waals surface area contributed by atoms with Gasteiger partial charge in [-0.05, 0) is 66.8 Å². The number of hydrogen-bond acceptors (Lipinski definition) is 5. The highest BCUT2D eigenvalue weighted by atomic mass is 16.2. The Kier molecular flexibility index (Phi) is 5.43. The van der Waals surface area contributed by atoms with Gasteiger partial charge >= 0.3 is 0 Å². The molecule has 1 fully saturated rings. The van der Waals surface area contributed by atoms with E-state index < -0.39 is 0 Å². The van der Waals surface area contributed by atoms with Gasteiger partial charge < -0.3 is 10.2 Å². The Balaban J connectivity index is 1.57. The summed E-state index contributed by atoms with van der Waals surface area (Å²) in [6.07, 6.45) is 5.36. The second-order valence-electron chi connectivity index (χ2n) is 7.51. The first-order valence-electron chi connectivity index (χ1n) is 9.82. The lowest BCUT2D eigenvalue weighted by atomic mass is 10.0. The van der Waals surface area contributed by atoms with Crippen molar-refractivity contribution in [2.45, 2.75) is 18.8 Å².